The summed E-state index contributed by atoms with van der Waals surface area (Å²) in [5.74, 6) is 0.864. The van der Waals surface area contributed by atoms with E-state index in [0.29, 0.717) is 37.4 Å². The summed E-state index contributed by atoms with van der Waals surface area (Å²) < 4.78 is 38.2. The number of amides is 1. The second-order valence-corrected chi connectivity index (χ2v) is 10.9. The first-order chi connectivity index (χ1) is 14.9. The molecule has 3 heterocycles. The molecule has 1 aromatic heterocycles. The van der Waals surface area contributed by atoms with E-state index in [1.165, 1.54) is 41.1 Å². The second kappa shape index (κ2) is 8.80. The highest BCUT2D eigenvalue weighted by Gasteiger charge is 2.37. The summed E-state index contributed by atoms with van der Waals surface area (Å²) in [6.45, 7) is 3.48. The standard InChI is InChI=1S/C22H28N2O5S2/c1-15-18-9-13-30-21(18)8-12-24(15)22(25)16-6-10-23(11-7-16)31(26,27)17-4-5-19(28-2)20(14-17)29-3/h4-5,9,13-16H,6-8,10-12H2,1-3H3/t15-/m1/s1. The van der Waals surface area contributed by atoms with Crippen molar-refractivity contribution in [2.75, 3.05) is 33.9 Å². The van der Waals surface area contributed by atoms with Crippen LogP contribution in [0.15, 0.2) is 34.5 Å². The van der Waals surface area contributed by atoms with E-state index >= 15 is 0 Å². The van der Waals surface area contributed by atoms with E-state index in [2.05, 4.69) is 18.4 Å². The van der Waals surface area contributed by atoms with Gasteiger partial charge in [0.15, 0.2) is 11.5 Å². The molecule has 168 valence electrons. The Labute approximate surface area is 187 Å². The van der Waals surface area contributed by atoms with Gasteiger partial charge in [0.25, 0.3) is 0 Å². The number of piperidine rings is 1. The molecule has 1 fully saturated rings. The molecule has 2 aromatic rings. The zero-order chi connectivity index (χ0) is 22.2. The van der Waals surface area contributed by atoms with E-state index in [9.17, 15) is 13.2 Å². The van der Waals surface area contributed by atoms with Crippen molar-refractivity contribution in [3.05, 3.63) is 40.1 Å². The fourth-order valence-corrected chi connectivity index (χ4v) is 6.96. The Bertz CT molecular complexity index is 1060. The van der Waals surface area contributed by atoms with Crippen LogP contribution in [-0.2, 0) is 21.2 Å². The van der Waals surface area contributed by atoms with Crippen LogP contribution < -0.4 is 9.47 Å². The first-order valence-corrected chi connectivity index (χ1v) is 12.8. The van der Waals surface area contributed by atoms with Gasteiger partial charge in [-0.05, 0) is 55.3 Å². The fraction of sp³-hybridized carbons (Fsp3) is 0.500. The smallest absolute Gasteiger partial charge is 0.243 e. The quantitative estimate of drug-likeness (QED) is 0.679. The molecule has 1 aromatic carbocycles. The van der Waals surface area contributed by atoms with Gasteiger partial charge in [-0.2, -0.15) is 4.31 Å². The van der Waals surface area contributed by atoms with Crippen LogP contribution in [0.4, 0.5) is 0 Å². The average molecular weight is 465 g/mol. The third-order valence-electron chi connectivity index (χ3n) is 6.36. The molecule has 2 aliphatic rings. The first-order valence-electron chi connectivity index (χ1n) is 10.5. The van der Waals surface area contributed by atoms with E-state index in [1.54, 1.807) is 17.4 Å². The molecule has 0 aliphatic carbocycles. The minimum absolute atomic E-state index is 0.0797. The molecule has 0 unspecified atom stereocenters. The molecule has 0 saturated carbocycles. The van der Waals surface area contributed by atoms with E-state index < -0.39 is 10.0 Å². The number of hydrogen-bond donors (Lipinski definition) is 0. The minimum atomic E-state index is -3.66. The fourth-order valence-electron chi connectivity index (χ4n) is 4.51. The maximum Gasteiger partial charge on any atom is 0.243 e. The van der Waals surface area contributed by atoms with E-state index in [1.807, 2.05) is 4.90 Å². The van der Waals surface area contributed by atoms with Crippen LogP contribution in [-0.4, -0.2) is 57.4 Å². The summed E-state index contributed by atoms with van der Waals surface area (Å²) in [5, 5.41) is 2.09. The maximum absolute atomic E-state index is 13.2. The Balaban J connectivity index is 1.43. The minimum Gasteiger partial charge on any atom is -0.493 e. The topological polar surface area (TPSA) is 76.2 Å². The molecule has 0 spiro atoms. The number of hydrogen-bond acceptors (Lipinski definition) is 6. The summed E-state index contributed by atoms with van der Waals surface area (Å²) in [5.41, 5.74) is 1.25. The number of methoxy groups -OCH3 is 2. The normalized spacial score (nSPS) is 20.4. The van der Waals surface area contributed by atoms with E-state index in [0.717, 1.165) is 13.0 Å². The number of fused-ring (bicyclic) bond motifs is 1. The Morgan fingerprint density at radius 3 is 2.45 bits per heavy atom. The maximum atomic E-state index is 13.2. The molecule has 0 radical (unpaired) electrons. The van der Waals surface area contributed by atoms with Crippen LogP contribution in [0.3, 0.4) is 0 Å². The van der Waals surface area contributed by atoms with Crippen molar-refractivity contribution in [2.24, 2.45) is 5.92 Å². The molecule has 9 heteroatoms. The third-order valence-corrected chi connectivity index (χ3v) is 9.25. The van der Waals surface area contributed by atoms with Crippen molar-refractivity contribution in [1.82, 2.24) is 9.21 Å². The molecule has 7 nitrogen and oxygen atoms in total. The number of carbonyl (C=O) groups excluding carboxylic acids is 1. The Morgan fingerprint density at radius 2 is 1.77 bits per heavy atom. The summed E-state index contributed by atoms with van der Waals surface area (Å²) in [4.78, 5) is 16.7. The number of carbonyl (C=O) groups is 1. The van der Waals surface area contributed by atoms with Crippen molar-refractivity contribution < 1.29 is 22.7 Å². The van der Waals surface area contributed by atoms with Crippen LogP contribution in [0.1, 0.15) is 36.2 Å². The lowest BCUT2D eigenvalue weighted by Crippen LogP contribution is -2.46. The summed E-state index contributed by atoms with van der Waals surface area (Å²) in [6, 6.07) is 6.80. The molecule has 31 heavy (non-hydrogen) atoms. The zero-order valence-electron chi connectivity index (χ0n) is 18.0. The zero-order valence-corrected chi connectivity index (χ0v) is 19.7. The molecule has 0 bridgehead atoms. The van der Waals surface area contributed by atoms with Crippen LogP contribution in [0.5, 0.6) is 11.5 Å². The Hall–Kier alpha value is -2.10. The van der Waals surface area contributed by atoms with Gasteiger partial charge >= 0.3 is 0 Å². The van der Waals surface area contributed by atoms with Crippen LogP contribution in [0.2, 0.25) is 0 Å². The summed E-state index contributed by atoms with van der Waals surface area (Å²) in [6.07, 6.45) is 1.96. The number of nitrogens with zero attached hydrogens (tertiary/aromatic N) is 2. The molecule has 2 aliphatic heterocycles. The van der Waals surface area contributed by atoms with Crippen LogP contribution >= 0.6 is 11.3 Å². The van der Waals surface area contributed by atoms with Crippen LogP contribution in [0.25, 0.3) is 0 Å². The lowest BCUT2D eigenvalue weighted by atomic mass is 9.93. The molecule has 1 atom stereocenters. The molecule has 0 N–H and O–H groups in total. The largest absolute Gasteiger partial charge is 0.493 e. The van der Waals surface area contributed by atoms with Crippen molar-refractivity contribution in [3.8, 4) is 11.5 Å². The predicted molar refractivity (Wildman–Crippen MR) is 119 cm³/mol. The van der Waals surface area contributed by atoms with Gasteiger partial charge in [0, 0.05) is 36.5 Å². The van der Waals surface area contributed by atoms with Gasteiger partial charge in [-0.1, -0.05) is 0 Å². The van der Waals surface area contributed by atoms with Gasteiger partial charge < -0.3 is 14.4 Å². The van der Waals surface area contributed by atoms with Gasteiger partial charge in [0.05, 0.1) is 25.2 Å². The van der Waals surface area contributed by atoms with E-state index in [-0.39, 0.29) is 22.8 Å². The Morgan fingerprint density at radius 1 is 1.06 bits per heavy atom. The molecular weight excluding hydrogens is 436 g/mol. The third kappa shape index (κ3) is 4.06. The molecular formula is C22H28N2O5S2. The molecule has 4 rings (SSSR count). The molecule has 1 amide bonds. The van der Waals surface area contributed by atoms with E-state index in [4.69, 9.17) is 9.47 Å². The van der Waals surface area contributed by atoms with Gasteiger partial charge in [-0.15, -0.1) is 11.3 Å². The lowest BCUT2D eigenvalue weighted by molar-refractivity contribution is -0.139. The highest BCUT2D eigenvalue weighted by molar-refractivity contribution is 7.89. The number of thiophene rings is 1. The number of sulfonamides is 1. The van der Waals surface area contributed by atoms with Gasteiger partial charge in [0.2, 0.25) is 15.9 Å². The van der Waals surface area contributed by atoms with Gasteiger partial charge in [-0.25, -0.2) is 8.42 Å². The number of rotatable bonds is 5. The number of benzene rings is 1. The average Bonchev–Trinajstić information content (AvgIpc) is 3.28. The molecule has 1 saturated heterocycles. The SMILES string of the molecule is COc1ccc(S(=O)(=O)N2CCC(C(=O)N3CCc4sccc4[C@H]3C)CC2)cc1OC. The predicted octanol–water partition coefficient (Wildman–Crippen LogP) is 3.31. The van der Waals surface area contributed by atoms with Gasteiger partial charge in [-0.3, -0.25) is 4.79 Å². The second-order valence-electron chi connectivity index (χ2n) is 7.95. The highest BCUT2D eigenvalue weighted by Crippen LogP contribution is 2.36. The monoisotopic (exact) mass is 464 g/mol. The summed E-state index contributed by atoms with van der Waals surface area (Å²) >= 11 is 1.76. The summed E-state index contributed by atoms with van der Waals surface area (Å²) in [7, 11) is -0.674. The highest BCUT2D eigenvalue weighted by atomic mass is 32.2. The number of ether oxygens (including phenoxy) is 2. The Kier molecular flexibility index (Phi) is 6.27. The first kappa shape index (κ1) is 22.1. The van der Waals surface area contributed by atoms with Crippen molar-refractivity contribution in [2.45, 2.75) is 37.1 Å². The van der Waals surface area contributed by atoms with Crippen LogP contribution in [0, 0.1) is 5.92 Å². The van der Waals surface area contributed by atoms with Gasteiger partial charge in [0.1, 0.15) is 0 Å². The van der Waals surface area contributed by atoms with Crippen molar-refractivity contribution >= 4 is 27.3 Å². The van der Waals surface area contributed by atoms with Crippen molar-refractivity contribution in [3.63, 3.8) is 0 Å². The van der Waals surface area contributed by atoms with Crippen molar-refractivity contribution in [1.29, 1.82) is 0 Å². The lowest BCUT2D eigenvalue weighted by Gasteiger charge is -2.38.